The molecule has 1 saturated carbocycles. The van der Waals surface area contributed by atoms with Crippen molar-refractivity contribution in [2.24, 2.45) is 0 Å². The standard InChI is InChI=1S/C17H15N3O2S/c21-15(18-11-7-8-11)10-23-17-12-4-1-2-5-13(12)19-16(20-17)14-6-3-9-22-14/h1-6,9,11H,7-8,10H2,(H,18,21). The molecule has 1 amide bonds. The first kappa shape index (κ1) is 14.3. The molecule has 116 valence electrons. The molecule has 1 N–H and O–H groups in total. The number of hydrogen-bond acceptors (Lipinski definition) is 5. The molecule has 0 spiro atoms. The van der Waals surface area contributed by atoms with Crippen LogP contribution in [0.25, 0.3) is 22.5 Å². The molecule has 1 aromatic carbocycles. The highest BCUT2D eigenvalue weighted by Crippen LogP contribution is 2.28. The number of nitrogens with zero attached hydrogens (tertiary/aromatic N) is 2. The molecule has 23 heavy (non-hydrogen) atoms. The molecule has 1 aliphatic rings. The van der Waals surface area contributed by atoms with Crippen LogP contribution in [0.4, 0.5) is 0 Å². The molecule has 2 aromatic heterocycles. The van der Waals surface area contributed by atoms with Crippen molar-refractivity contribution in [3.63, 3.8) is 0 Å². The van der Waals surface area contributed by atoms with Crippen molar-refractivity contribution < 1.29 is 9.21 Å². The van der Waals surface area contributed by atoms with Gasteiger partial charge in [-0.05, 0) is 31.0 Å². The van der Waals surface area contributed by atoms with Crippen LogP contribution in [0.3, 0.4) is 0 Å². The van der Waals surface area contributed by atoms with Crippen LogP contribution >= 0.6 is 11.8 Å². The topological polar surface area (TPSA) is 68.0 Å². The Bertz CT molecular complexity index is 844. The lowest BCUT2D eigenvalue weighted by atomic mass is 10.2. The number of aromatic nitrogens is 2. The Balaban J connectivity index is 1.64. The van der Waals surface area contributed by atoms with Gasteiger partial charge in [-0.15, -0.1) is 0 Å². The first-order chi connectivity index (χ1) is 11.3. The van der Waals surface area contributed by atoms with E-state index < -0.39 is 0 Å². The van der Waals surface area contributed by atoms with E-state index >= 15 is 0 Å². The Labute approximate surface area is 137 Å². The monoisotopic (exact) mass is 325 g/mol. The lowest BCUT2D eigenvalue weighted by molar-refractivity contribution is -0.118. The average Bonchev–Trinajstić information content (AvgIpc) is 3.21. The van der Waals surface area contributed by atoms with Crippen molar-refractivity contribution in [3.05, 3.63) is 42.7 Å². The summed E-state index contributed by atoms with van der Waals surface area (Å²) in [4.78, 5) is 21.1. The van der Waals surface area contributed by atoms with Crippen LogP contribution in [0.15, 0.2) is 52.1 Å². The highest BCUT2D eigenvalue weighted by atomic mass is 32.2. The number of carbonyl (C=O) groups excluding carboxylic acids is 1. The number of hydrogen-bond donors (Lipinski definition) is 1. The van der Waals surface area contributed by atoms with Crippen molar-refractivity contribution >= 4 is 28.6 Å². The first-order valence-corrected chi connectivity index (χ1v) is 8.51. The molecule has 1 aliphatic carbocycles. The second-order valence-electron chi connectivity index (χ2n) is 5.48. The minimum absolute atomic E-state index is 0.0553. The van der Waals surface area contributed by atoms with E-state index in [0.717, 1.165) is 28.8 Å². The number of amides is 1. The molecule has 0 unspecified atom stereocenters. The second-order valence-corrected chi connectivity index (χ2v) is 6.44. The highest BCUT2D eigenvalue weighted by Gasteiger charge is 2.23. The lowest BCUT2D eigenvalue weighted by Crippen LogP contribution is -2.27. The zero-order valence-electron chi connectivity index (χ0n) is 12.4. The Morgan fingerprint density at radius 1 is 1.22 bits per heavy atom. The summed E-state index contributed by atoms with van der Waals surface area (Å²) in [6.45, 7) is 0. The van der Waals surface area contributed by atoms with Gasteiger partial charge in [0, 0.05) is 11.4 Å². The molecule has 0 bridgehead atoms. The van der Waals surface area contributed by atoms with E-state index in [4.69, 9.17) is 4.42 Å². The van der Waals surface area contributed by atoms with Crippen molar-refractivity contribution in [2.45, 2.75) is 23.9 Å². The van der Waals surface area contributed by atoms with Gasteiger partial charge in [0.15, 0.2) is 11.6 Å². The van der Waals surface area contributed by atoms with Crippen LogP contribution < -0.4 is 5.32 Å². The number of rotatable bonds is 5. The summed E-state index contributed by atoms with van der Waals surface area (Å²) in [6, 6.07) is 11.8. The maximum Gasteiger partial charge on any atom is 0.230 e. The highest BCUT2D eigenvalue weighted by molar-refractivity contribution is 8.00. The predicted octanol–water partition coefficient (Wildman–Crippen LogP) is 3.26. The van der Waals surface area contributed by atoms with Gasteiger partial charge in [-0.3, -0.25) is 4.79 Å². The molecule has 1 fully saturated rings. The van der Waals surface area contributed by atoms with Crippen molar-refractivity contribution in [3.8, 4) is 11.6 Å². The summed E-state index contributed by atoms with van der Waals surface area (Å²) in [6.07, 6.45) is 3.79. The number of nitrogens with one attached hydrogen (secondary N) is 1. The van der Waals surface area contributed by atoms with E-state index in [1.807, 2.05) is 36.4 Å². The van der Waals surface area contributed by atoms with E-state index in [1.165, 1.54) is 11.8 Å². The quantitative estimate of drug-likeness (QED) is 0.576. The molecule has 0 saturated heterocycles. The van der Waals surface area contributed by atoms with E-state index in [9.17, 15) is 4.79 Å². The van der Waals surface area contributed by atoms with Crippen molar-refractivity contribution in [1.29, 1.82) is 0 Å². The van der Waals surface area contributed by atoms with Crippen LogP contribution in [0.5, 0.6) is 0 Å². The summed E-state index contributed by atoms with van der Waals surface area (Å²) in [5, 5.41) is 4.74. The maximum absolute atomic E-state index is 11.9. The minimum atomic E-state index is 0.0553. The molecule has 4 rings (SSSR count). The van der Waals surface area contributed by atoms with Gasteiger partial charge in [0.2, 0.25) is 5.91 Å². The molecule has 0 radical (unpaired) electrons. The third kappa shape index (κ3) is 3.22. The van der Waals surface area contributed by atoms with Gasteiger partial charge >= 0.3 is 0 Å². The maximum atomic E-state index is 11.9. The Morgan fingerprint density at radius 2 is 2.09 bits per heavy atom. The molecule has 5 nitrogen and oxygen atoms in total. The summed E-state index contributed by atoms with van der Waals surface area (Å²) >= 11 is 1.43. The minimum Gasteiger partial charge on any atom is -0.461 e. The zero-order valence-corrected chi connectivity index (χ0v) is 13.2. The van der Waals surface area contributed by atoms with Gasteiger partial charge in [-0.1, -0.05) is 30.0 Å². The van der Waals surface area contributed by atoms with Gasteiger partial charge < -0.3 is 9.73 Å². The van der Waals surface area contributed by atoms with Crippen LogP contribution in [0.2, 0.25) is 0 Å². The SMILES string of the molecule is O=C(CSc1nc(-c2ccco2)nc2ccccc12)NC1CC1. The summed E-state index contributed by atoms with van der Waals surface area (Å²) in [5.74, 6) is 1.58. The first-order valence-electron chi connectivity index (χ1n) is 7.52. The normalized spacial score (nSPS) is 14.1. The number of carbonyl (C=O) groups is 1. The fraction of sp³-hybridized carbons (Fsp3) is 0.235. The van der Waals surface area contributed by atoms with Crippen LogP contribution in [0.1, 0.15) is 12.8 Å². The average molecular weight is 325 g/mol. The fourth-order valence-corrected chi connectivity index (χ4v) is 3.13. The Kier molecular flexibility index (Phi) is 3.75. The Morgan fingerprint density at radius 3 is 2.87 bits per heavy atom. The number of thioether (sulfide) groups is 1. The number of para-hydroxylation sites is 1. The summed E-state index contributed by atoms with van der Waals surface area (Å²) < 4.78 is 5.40. The van der Waals surface area contributed by atoms with Crippen molar-refractivity contribution in [2.75, 3.05) is 5.75 Å². The zero-order chi connectivity index (χ0) is 15.6. The van der Waals surface area contributed by atoms with Crippen LogP contribution in [-0.2, 0) is 4.79 Å². The smallest absolute Gasteiger partial charge is 0.230 e. The van der Waals surface area contributed by atoms with Crippen LogP contribution in [0, 0.1) is 0 Å². The van der Waals surface area contributed by atoms with Gasteiger partial charge in [-0.25, -0.2) is 9.97 Å². The van der Waals surface area contributed by atoms with Crippen molar-refractivity contribution in [1.82, 2.24) is 15.3 Å². The molecule has 2 heterocycles. The second kappa shape index (κ2) is 6.04. The van der Waals surface area contributed by atoms with E-state index in [0.29, 0.717) is 23.4 Å². The Hall–Kier alpha value is -2.34. The van der Waals surface area contributed by atoms with E-state index in [2.05, 4.69) is 15.3 Å². The summed E-state index contributed by atoms with van der Waals surface area (Å²) in [5.41, 5.74) is 0.846. The molecule has 0 atom stereocenters. The number of benzene rings is 1. The summed E-state index contributed by atoms with van der Waals surface area (Å²) in [7, 11) is 0. The van der Waals surface area contributed by atoms with Gasteiger partial charge in [0.05, 0.1) is 17.5 Å². The number of furan rings is 1. The van der Waals surface area contributed by atoms with Gasteiger partial charge in [0.1, 0.15) is 5.03 Å². The third-order valence-electron chi connectivity index (χ3n) is 3.59. The third-order valence-corrected chi connectivity index (χ3v) is 4.58. The lowest BCUT2D eigenvalue weighted by Gasteiger charge is -2.07. The predicted molar refractivity (Wildman–Crippen MR) is 89.1 cm³/mol. The molecular weight excluding hydrogens is 310 g/mol. The molecule has 6 heteroatoms. The molecular formula is C17H15N3O2S. The fourth-order valence-electron chi connectivity index (χ4n) is 2.30. The van der Waals surface area contributed by atoms with Gasteiger partial charge in [0.25, 0.3) is 0 Å². The molecule has 0 aliphatic heterocycles. The van der Waals surface area contributed by atoms with E-state index in [1.54, 1.807) is 6.26 Å². The van der Waals surface area contributed by atoms with Gasteiger partial charge in [-0.2, -0.15) is 0 Å². The van der Waals surface area contributed by atoms with E-state index in [-0.39, 0.29) is 5.91 Å². The molecule has 3 aromatic rings. The number of fused-ring (bicyclic) bond motifs is 1. The van der Waals surface area contributed by atoms with Crippen LogP contribution in [-0.4, -0.2) is 27.7 Å². The largest absolute Gasteiger partial charge is 0.461 e.